The molecule has 1 aliphatic rings. The molecule has 37 heavy (non-hydrogen) atoms. The maximum atomic E-state index is 12.8. The van der Waals surface area contributed by atoms with E-state index in [0.29, 0.717) is 35.0 Å². The third-order valence-corrected chi connectivity index (χ3v) is 7.23. The van der Waals surface area contributed by atoms with Gasteiger partial charge in [-0.25, -0.2) is 9.78 Å². The first kappa shape index (κ1) is 24.8. The number of aryl methyl sites for hydroxylation is 1. The first-order chi connectivity index (χ1) is 17.9. The van der Waals surface area contributed by atoms with Crippen LogP contribution >= 0.6 is 11.6 Å². The highest BCUT2D eigenvalue weighted by atomic mass is 35.5. The van der Waals surface area contributed by atoms with Crippen LogP contribution in [0.1, 0.15) is 43.4 Å². The van der Waals surface area contributed by atoms with Crippen molar-refractivity contribution in [1.29, 1.82) is 5.26 Å². The maximum Gasteiger partial charge on any atom is 0.349 e. The van der Waals surface area contributed by atoms with Crippen LogP contribution in [0.25, 0.3) is 11.0 Å². The molecule has 1 fully saturated rings. The monoisotopic (exact) mass is 514 g/mol. The van der Waals surface area contributed by atoms with E-state index >= 15 is 0 Å². The Kier molecular flexibility index (Phi) is 6.87. The molecule has 3 atom stereocenters. The summed E-state index contributed by atoms with van der Waals surface area (Å²) in [5.41, 5.74) is 2.92. The molecule has 188 valence electrons. The summed E-state index contributed by atoms with van der Waals surface area (Å²) >= 11 is 6.15. The van der Waals surface area contributed by atoms with E-state index < -0.39 is 0 Å². The van der Waals surface area contributed by atoms with E-state index in [4.69, 9.17) is 11.6 Å². The van der Waals surface area contributed by atoms with E-state index in [1.54, 1.807) is 31.6 Å². The lowest BCUT2D eigenvalue weighted by atomic mass is 9.97. The number of hydrogen-bond acceptors (Lipinski definition) is 8. The molecule has 1 unspecified atom stereocenters. The SMILES string of the molecule is CC[C@@H]1CN(c2nc(=O)n(C)c3ccc(C#N)nc23)[C@@H](C)CN1C(c1ccccn1)c1ccc(Cl)cn1. The number of aromatic nitrogens is 5. The van der Waals surface area contributed by atoms with E-state index in [2.05, 4.69) is 49.7 Å². The number of piperazine rings is 1. The van der Waals surface area contributed by atoms with Gasteiger partial charge in [-0.1, -0.05) is 24.6 Å². The molecule has 5 rings (SSSR count). The summed E-state index contributed by atoms with van der Waals surface area (Å²) in [4.78, 5) is 35.6. The number of anilines is 1. The van der Waals surface area contributed by atoms with Crippen molar-refractivity contribution in [3.8, 4) is 6.07 Å². The Morgan fingerprint density at radius 3 is 2.59 bits per heavy atom. The summed E-state index contributed by atoms with van der Waals surface area (Å²) in [6.45, 7) is 5.57. The molecule has 0 amide bonds. The van der Waals surface area contributed by atoms with Gasteiger partial charge in [0, 0.05) is 44.6 Å². The van der Waals surface area contributed by atoms with Crippen LogP contribution in [0.15, 0.2) is 59.7 Å². The average molecular weight is 515 g/mol. The van der Waals surface area contributed by atoms with Gasteiger partial charge in [-0.2, -0.15) is 10.2 Å². The van der Waals surface area contributed by atoms with Gasteiger partial charge in [-0.05, 0) is 49.7 Å². The van der Waals surface area contributed by atoms with Gasteiger partial charge < -0.3 is 4.90 Å². The predicted molar refractivity (Wildman–Crippen MR) is 142 cm³/mol. The number of nitrogens with zero attached hydrogens (tertiary/aromatic N) is 8. The first-order valence-corrected chi connectivity index (χ1v) is 12.6. The first-order valence-electron chi connectivity index (χ1n) is 12.2. The van der Waals surface area contributed by atoms with Gasteiger partial charge >= 0.3 is 5.69 Å². The molecule has 0 radical (unpaired) electrons. The Balaban J connectivity index is 1.58. The Labute approximate surface area is 220 Å². The fraction of sp³-hybridized carbons (Fsp3) is 0.333. The molecule has 0 aromatic carbocycles. The largest absolute Gasteiger partial charge is 0.349 e. The molecule has 10 heteroatoms. The molecule has 9 nitrogen and oxygen atoms in total. The highest BCUT2D eigenvalue weighted by molar-refractivity contribution is 6.30. The molecule has 1 aliphatic heterocycles. The van der Waals surface area contributed by atoms with Crippen LogP contribution in [0.5, 0.6) is 0 Å². The van der Waals surface area contributed by atoms with Gasteiger partial charge in [0.2, 0.25) is 0 Å². The summed E-state index contributed by atoms with van der Waals surface area (Å²) in [7, 11) is 1.67. The number of fused-ring (bicyclic) bond motifs is 1. The second-order valence-electron chi connectivity index (χ2n) is 9.27. The Bertz CT molecular complexity index is 1520. The van der Waals surface area contributed by atoms with Gasteiger partial charge in [-0.15, -0.1) is 0 Å². The van der Waals surface area contributed by atoms with Gasteiger partial charge in [0.1, 0.15) is 17.3 Å². The molecule has 0 saturated carbocycles. The van der Waals surface area contributed by atoms with Gasteiger partial charge in [-0.3, -0.25) is 19.4 Å². The second-order valence-corrected chi connectivity index (χ2v) is 9.71. The average Bonchev–Trinajstić information content (AvgIpc) is 2.92. The zero-order valence-electron chi connectivity index (χ0n) is 20.9. The van der Waals surface area contributed by atoms with Crippen LogP contribution in [0.2, 0.25) is 5.02 Å². The summed E-state index contributed by atoms with van der Waals surface area (Å²) in [6.07, 6.45) is 4.33. The molecule has 0 bridgehead atoms. The summed E-state index contributed by atoms with van der Waals surface area (Å²) in [5.74, 6) is 0.514. The lowest BCUT2D eigenvalue weighted by Crippen LogP contribution is -2.59. The van der Waals surface area contributed by atoms with Crippen molar-refractivity contribution in [2.75, 3.05) is 18.0 Å². The van der Waals surface area contributed by atoms with Crippen molar-refractivity contribution in [2.24, 2.45) is 7.05 Å². The van der Waals surface area contributed by atoms with Crippen LogP contribution in [-0.2, 0) is 7.05 Å². The van der Waals surface area contributed by atoms with Crippen molar-refractivity contribution < 1.29 is 0 Å². The van der Waals surface area contributed by atoms with E-state index in [-0.39, 0.29) is 29.5 Å². The highest BCUT2D eigenvalue weighted by Crippen LogP contribution is 2.35. The lowest BCUT2D eigenvalue weighted by molar-refractivity contribution is 0.111. The standard InChI is InChI=1S/C27H27ClN8O/c1-4-20-16-35(26-24-23(34(3)27(37)33-26)11-9-19(13-29)32-24)17(2)15-36(20)25(21-7-5-6-12-30-21)22-10-8-18(28)14-31-22/h5-12,14,17,20,25H,4,15-16H2,1-3H3/t17-,20+,25?/m0/s1. The van der Waals surface area contributed by atoms with E-state index in [0.717, 1.165) is 17.8 Å². The topological polar surface area (TPSA) is 104 Å². The zero-order valence-corrected chi connectivity index (χ0v) is 21.7. The van der Waals surface area contributed by atoms with Crippen molar-refractivity contribution in [3.05, 3.63) is 87.4 Å². The third kappa shape index (κ3) is 4.66. The van der Waals surface area contributed by atoms with Crippen molar-refractivity contribution in [1.82, 2.24) is 29.4 Å². The normalized spacial score (nSPS) is 19.1. The summed E-state index contributed by atoms with van der Waals surface area (Å²) in [6, 6.07) is 15.2. The quantitative estimate of drug-likeness (QED) is 0.397. The van der Waals surface area contributed by atoms with Crippen LogP contribution < -0.4 is 10.6 Å². The van der Waals surface area contributed by atoms with Crippen molar-refractivity contribution in [2.45, 2.75) is 38.4 Å². The zero-order chi connectivity index (χ0) is 26.1. The fourth-order valence-corrected chi connectivity index (χ4v) is 5.20. The minimum absolute atomic E-state index is 0.00309. The Hall–Kier alpha value is -3.87. The molecule has 0 spiro atoms. The molecular formula is C27H27ClN8O. The van der Waals surface area contributed by atoms with Crippen LogP contribution in [0.3, 0.4) is 0 Å². The number of rotatable bonds is 5. The summed E-state index contributed by atoms with van der Waals surface area (Å²) < 4.78 is 1.47. The molecule has 4 aromatic heterocycles. The molecule has 0 aliphatic carbocycles. The number of hydrogen-bond donors (Lipinski definition) is 0. The third-order valence-electron chi connectivity index (χ3n) is 7.01. The minimum Gasteiger partial charge on any atom is -0.349 e. The van der Waals surface area contributed by atoms with E-state index in [1.807, 2.05) is 30.3 Å². The molecule has 0 N–H and O–H groups in total. The smallest absolute Gasteiger partial charge is 0.349 e. The number of nitriles is 1. The lowest BCUT2D eigenvalue weighted by Gasteiger charge is -2.48. The predicted octanol–water partition coefficient (Wildman–Crippen LogP) is 3.72. The molecule has 5 heterocycles. The number of pyridine rings is 3. The fourth-order valence-electron chi connectivity index (χ4n) is 5.09. The molecule has 1 saturated heterocycles. The van der Waals surface area contributed by atoms with Gasteiger partial charge in [0.25, 0.3) is 0 Å². The minimum atomic E-state index is -0.353. The van der Waals surface area contributed by atoms with Crippen LogP contribution in [0, 0.1) is 11.3 Å². The molecular weight excluding hydrogens is 488 g/mol. The van der Waals surface area contributed by atoms with Crippen LogP contribution in [0.4, 0.5) is 5.82 Å². The van der Waals surface area contributed by atoms with Gasteiger partial charge in [0.15, 0.2) is 5.82 Å². The van der Waals surface area contributed by atoms with E-state index in [9.17, 15) is 10.1 Å². The number of halogens is 1. The second kappa shape index (κ2) is 10.2. The Morgan fingerprint density at radius 2 is 1.92 bits per heavy atom. The van der Waals surface area contributed by atoms with Crippen molar-refractivity contribution in [3.63, 3.8) is 0 Å². The highest BCUT2D eigenvalue weighted by Gasteiger charge is 2.38. The van der Waals surface area contributed by atoms with Crippen LogP contribution in [-0.4, -0.2) is 54.6 Å². The summed E-state index contributed by atoms with van der Waals surface area (Å²) in [5, 5.41) is 10.0. The van der Waals surface area contributed by atoms with E-state index in [1.165, 1.54) is 4.57 Å². The van der Waals surface area contributed by atoms with Crippen molar-refractivity contribution >= 4 is 28.5 Å². The molecule has 4 aromatic rings. The van der Waals surface area contributed by atoms with Gasteiger partial charge in [0.05, 0.1) is 28.0 Å². The maximum absolute atomic E-state index is 12.8. The Morgan fingerprint density at radius 1 is 1.11 bits per heavy atom.